The van der Waals surface area contributed by atoms with Crippen LogP contribution in [-0.2, 0) is 16.1 Å². The monoisotopic (exact) mass is 237 g/mol. The molecule has 1 fully saturated rings. The van der Waals surface area contributed by atoms with E-state index >= 15 is 0 Å². The first-order chi connectivity index (χ1) is 8.22. The predicted molar refractivity (Wildman–Crippen MR) is 63.4 cm³/mol. The van der Waals surface area contributed by atoms with Crippen molar-refractivity contribution in [3.63, 3.8) is 0 Å². The Morgan fingerprint density at radius 1 is 1.65 bits per heavy atom. The fourth-order valence-electron chi connectivity index (χ4n) is 1.97. The maximum atomic E-state index is 11.8. The number of rotatable bonds is 6. The zero-order valence-electron chi connectivity index (χ0n) is 10.4. The lowest BCUT2D eigenvalue weighted by Crippen LogP contribution is -2.41. The molecule has 0 spiro atoms. The zero-order valence-corrected chi connectivity index (χ0v) is 10.4. The Balaban J connectivity index is 1.99. The summed E-state index contributed by atoms with van der Waals surface area (Å²) >= 11 is 0. The van der Waals surface area contributed by atoms with Crippen LogP contribution in [-0.4, -0.2) is 29.6 Å². The van der Waals surface area contributed by atoms with Gasteiger partial charge < -0.3 is 9.15 Å². The molecule has 17 heavy (non-hydrogen) atoms. The molecule has 0 amide bonds. The minimum Gasteiger partial charge on any atom is -0.468 e. The van der Waals surface area contributed by atoms with Gasteiger partial charge in [-0.25, -0.2) is 0 Å². The summed E-state index contributed by atoms with van der Waals surface area (Å²) in [5.41, 5.74) is 0. The highest BCUT2D eigenvalue weighted by atomic mass is 16.5. The molecule has 1 unspecified atom stereocenters. The van der Waals surface area contributed by atoms with E-state index in [9.17, 15) is 4.79 Å². The van der Waals surface area contributed by atoms with E-state index in [1.165, 1.54) is 0 Å². The van der Waals surface area contributed by atoms with Crippen molar-refractivity contribution in [2.75, 3.05) is 6.61 Å². The van der Waals surface area contributed by atoms with Crippen molar-refractivity contribution >= 4 is 5.97 Å². The standard InChI is InChI=1S/C13H19NO3/c1-3-16-13(15)10(2)14(11-6-7-11)9-12-5-4-8-17-12/h4-5,8,10-11H,3,6-7,9H2,1-2H3. The summed E-state index contributed by atoms with van der Waals surface area (Å²) in [7, 11) is 0. The predicted octanol–water partition coefficient (Wildman–Crippen LogP) is 2.20. The summed E-state index contributed by atoms with van der Waals surface area (Å²) < 4.78 is 10.4. The summed E-state index contributed by atoms with van der Waals surface area (Å²) in [6.07, 6.45) is 3.98. The first kappa shape index (κ1) is 12.2. The largest absolute Gasteiger partial charge is 0.468 e. The summed E-state index contributed by atoms with van der Waals surface area (Å²) in [5, 5.41) is 0. The minimum absolute atomic E-state index is 0.147. The van der Waals surface area contributed by atoms with E-state index in [0.717, 1.165) is 18.6 Å². The molecule has 4 heteroatoms. The van der Waals surface area contributed by atoms with Crippen LogP contribution in [0.1, 0.15) is 32.4 Å². The Morgan fingerprint density at radius 3 is 2.94 bits per heavy atom. The number of ether oxygens (including phenoxy) is 1. The molecule has 2 rings (SSSR count). The molecule has 0 radical (unpaired) electrons. The molecule has 4 nitrogen and oxygen atoms in total. The molecule has 1 atom stereocenters. The average molecular weight is 237 g/mol. The topological polar surface area (TPSA) is 42.7 Å². The first-order valence-electron chi connectivity index (χ1n) is 6.17. The van der Waals surface area contributed by atoms with Gasteiger partial charge in [0.15, 0.2) is 0 Å². The van der Waals surface area contributed by atoms with Gasteiger partial charge in [-0.3, -0.25) is 9.69 Å². The molecular weight excluding hydrogens is 218 g/mol. The van der Waals surface area contributed by atoms with Gasteiger partial charge in [0.05, 0.1) is 19.4 Å². The lowest BCUT2D eigenvalue weighted by molar-refractivity contribution is -0.149. The van der Waals surface area contributed by atoms with Crippen molar-refractivity contribution in [1.82, 2.24) is 4.90 Å². The Kier molecular flexibility index (Phi) is 3.84. The van der Waals surface area contributed by atoms with Gasteiger partial charge in [-0.15, -0.1) is 0 Å². The van der Waals surface area contributed by atoms with Crippen LogP contribution in [0.4, 0.5) is 0 Å². The summed E-state index contributed by atoms with van der Waals surface area (Å²) in [4.78, 5) is 13.9. The molecule has 0 saturated heterocycles. The van der Waals surface area contributed by atoms with Gasteiger partial charge in [0, 0.05) is 6.04 Å². The smallest absolute Gasteiger partial charge is 0.323 e. The van der Waals surface area contributed by atoms with Gasteiger partial charge in [0.2, 0.25) is 0 Å². The van der Waals surface area contributed by atoms with Gasteiger partial charge in [-0.2, -0.15) is 0 Å². The van der Waals surface area contributed by atoms with E-state index in [4.69, 9.17) is 9.15 Å². The minimum atomic E-state index is -0.201. The van der Waals surface area contributed by atoms with Crippen LogP contribution in [0.3, 0.4) is 0 Å². The number of carbonyl (C=O) groups excluding carboxylic acids is 1. The van der Waals surface area contributed by atoms with Gasteiger partial charge in [0.25, 0.3) is 0 Å². The third-order valence-electron chi connectivity index (χ3n) is 3.06. The van der Waals surface area contributed by atoms with Crippen LogP contribution in [0, 0.1) is 0 Å². The molecule has 94 valence electrons. The molecule has 1 aliphatic carbocycles. The van der Waals surface area contributed by atoms with Gasteiger partial charge in [0.1, 0.15) is 11.8 Å². The van der Waals surface area contributed by atoms with E-state index in [-0.39, 0.29) is 12.0 Å². The van der Waals surface area contributed by atoms with Crippen molar-refractivity contribution in [2.24, 2.45) is 0 Å². The second-order valence-corrected chi connectivity index (χ2v) is 4.41. The third kappa shape index (κ3) is 3.09. The van der Waals surface area contributed by atoms with E-state index in [0.29, 0.717) is 19.2 Å². The Bertz CT molecular complexity index is 357. The van der Waals surface area contributed by atoms with Gasteiger partial charge in [-0.05, 0) is 38.8 Å². The number of nitrogens with zero attached hydrogens (tertiary/aromatic N) is 1. The Hall–Kier alpha value is -1.29. The molecule has 0 N–H and O–H groups in total. The van der Waals surface area contributed by atoms with Crippen LogP contribution in [0.5, 0.6) is 0 Å². The van der Waals surface area contributed by atoms with Crippen molar-refractivity contribution < 1.29 is 13.9 Å². The maximum Gasteiger partial charge on any atom is 0.323 e. The Labute approximate surface area is 102 Å². The number of hydrogen-bond acceptors (Lipinski definition) is 4. The SMILES string of the molecule is CCOC(=O)C(C)N(Cc1ccco1)C1CC1. The van der Waals surface area contributed by atoms with Crippen LogP contribution in [0.25, 0.3) is 0 Å². The number of furan rings is 1. The average Bonchev–Trinajstić information content (AvgIpc) is 3.03. The Morgan fingerprint density at radius 2 is 2.41 bits per heavy atom. The van der Waals surface area contributed by atoms with Gasteiger partial charge >= 0.3 is 5.97 Å². The summed E-state index contributed by atoms with van der Waals surface area (Å²) in [5.74, 6) is 0.749. The lowest BCUT2D eigenvalue weighted by atomic mass is 10.2. The van der Waals surface area contributed by atoms with Crippen LogP contribution in [0.15, 0.2) is 22.8 Å². The molecule has 1 aromatic rings. The molecule has 1 aliphatic rings. The quantitative estimate of drug-likeness (QED) is 0.711. The van der Waals surface area contributed by atoms with E-state index in [1.807, 2.05) is 26.0 Å². The third-order valence-corrected chi connectivity index (χ3v) is 3.06. The van der Waals surface area contributed by atoms with Crippen molar-refractivity contribution in [1.29, 1.82) is 0 Å². The number of hydrogen-bond donors (Lipinski definition) is 0. The fraction of sp³-hybridized carbons (Fsp3) is 0.615. The van der Waals surface area contributed by atoms with Crippen LogP contribution >= 0.6 is 0 Å². The second kappa shape index (κ2) is 5.36. The molecule has 1 aromatic heterocycles. The van der Waals surface area contributed by atoms with Gasteiger partial charge in [-0.1, -0.05) is 0 Å². The summed E-state index contributed by atoms with van der Waals surface area (Å²) in [6, 6.07) is 4.11. The molecule has 0 aromatic carbocycles. The lowest BCUT2D eigenvalue weighted by Gasteiger charge is -2.26. The van der Waals surface area contributed by atoms with E-state index in [2.05, 4.69) is 4.90 Å². The highest BCUT2D eigenvalue weighted by molar-refractivity contribution is 5.75. The first-order valence-corrected chi connectivity index (χ1v) is 6.17. The summed E-state index contributed by atoms with van der Waals surface area (Å²) in [6.45, 7) is 4.85. The number of esters is 1. The van der Waals surface area contributed by atoms with Crippen molar-refractivity contribution in [3.8, 4) is 0 Å². The molecule has 0 aliphatic heterocycles. The number of carbonyl (C=O) groups is 1. The van der Waals surface area contributed by atoms with E-state index < -0.39 is 0 Å². The molecule has 1 heterocycles. The van der Waals surface area contributed by atoms with Crippen LogP contribution in [0.2, 0.25) is 0 Å². The molecule has 0 bridgehead atoms. The highest BCUT2D eigenvalue weighted by Crippen LogP contribution is 2.30. The fourth-order valence-corrected chi connectivity index (χ4v) is 1.97. The maximum absolute atomic E-state index is 11.8. The van der Waals surface area contributed by atoms with E-state index in [1.54, 1.807) is 6.26 Å². The highest BCUT2D eigenvalue weighted by Gasteiger charge is 2.36. The zero-order chi connectivity index (χ0) is 12.3. The normalized spacial score (nSPS) is 17.1. The van der Waals surface area contributed by atoms with Crippen molar-refractivity contribution in [3.05, 3.63) is 24.2 Å². The molecule has 1 saturated carbocycles. The molecular formula is C13H19NO3. The second-order valence-electron chi connectivity index (χ2n) is 4.41. The van der Waals surface area contributed by atoms with Crippen LogP contribution < -0.4 is 0 Å². The van der Waals surface area contributed by atoms with Crippen molar-refractivity contribution in [2.45, 2.75) is 45.3 Å².